The normalized spacial score (nSPS) is 13.8. The molecule has 0 unspecified atom stereocenters. The van der Waals surface area contributed by atoms with E-state index in [2.05, 4.69) is 13.8 Å². The van der Waals surface area contributed by atoms with Gasteiger partial charge >= 0.3 is 0 Å². The Labute approximate surface area is 87.3 Å². The van der Waals surface area contributed by atoms with Gasteiger partial charge in [0.15, 0.2) is 0 Å². The zero-order chi connectivity index (χ0) is 10.8. The monoisotopic (exact) mass is 198 g/mol. The van der Waals surface area contributed by atoms with E-state index >= 15 is 0 Å². The van der Waals surface area contributed by atoms with Gasteiger partial charge < -0.3 is 4.74 Å². The smallest absolute Gasteiger partial charge is 0.149 e. The average molecular weight is 198 g/mol. The molecule has 0 amide bonds. The van der Waals surface area contributed by atoms with E-state index in [-0.39, 0.29) is 0 Å². The molecule has 0 saturated carbocycles. The van der Waals surface area contributed by atoms with Crippen LogP contribution in [0.25, 0.3) is 0 Å². The van der Waals surface area contributed by atoms with Crippen molar-refractivity contribution in [1.82, 2.24) is 0 Å². The van der Waals surface area contributed by atoms with E-state index < -0.39 is 0 Å². The van der Waals surface area contributed by atoms with Crippen molar-refractivity contribution >= 4 is 6.29 Å². The molecule has 2 nitrogen and oxygen atoms in total. The van der Waals surface area contributed by atoms with Crippen LogP contribution in [0.1, 0.15) is 46.0 Å². The SMILES string of the molecule is CC[C@H](C)CCCC/C(C=O)=C\OC. The minimum Gasteiger partial charge on any atom is -0.504 e. The summed E-state index contributed by atoms with van der Waals surface area (Å²) >= 11 is 0. The molecule has 0 aliphatic carbocycles. The predicted octanol–water partition coefficient (Wildman–Crippen LogP) is 3.32. The molecular weight excluding hydrogens is 176 g/mol. The van der Waals surface area contributed by atoms with Crippen molar-refractivity contribution < 1.29 is 9.53 Å². The lowest BCUT2D eigenvalue weighted by Gasteiger charge is -2.07. The molecule has 0 saturated heterocycles. The summed E-state index contributed by atoms with van der Waals surface area (Å²) in [6, 6.07) is 0. The van der Waals surface area contributed by atoms with Crippen molar-refractivity contribution in [1.29, 1.82) is 0 Å². The topological polar surface area (TPSA) is 26.3 Å². The second kappa shape index (κ2) is 8.79. The van der Waals surface area contributed by atoms with Crippen LogP contribution in [0, 0.1) is 5.92 Å². The highest BCUT2D eigenvalue weighted by molar-refractivity contribution is 5.72. The number of ether oxygens (including phenoxy) is 1. The van der Waals surface area contributed by atoms with E-state index in [4.69, 9.17) is 4.74 Å². The third-order valence-corrected chi connectivity index (χ3v) is 2.53. The number of rotatable bonds is 8. The first-order chi connectivity index (χ1) is 6.74. The van der Waals surface area contributed by atoms with Crippen LogP contribution in [0.15, 0.2) is 11.8 Å². The summed E-state index contributed by atoms with van der Waals surface area (Å²) in [5.74, 6) is 0.807. The molecule has 0 fully saturated rings. The van der Waals surface area contributed by atoms with Crippen molar-refractivity contribution in [2.45, 2.75) is 46.0 Å². The van der Waals surface area contributed by atoms with Gasteiger partial charge in [-0.2, -0.15) is 0 Å². The lowest BCUT2D eigenvalue weighted by molar-refractivity contribution is -0.105. The van der Waals surface area contributed by atoms with Crippen molar-refractivity contribution in [3.8, 4) is 0 Å². The van der Waals surface area contributed by atoms with Crippen LogP contribution in [0.3, 0.4) is 0 Å². The number of carbonyl (C=O) groups excluding carboxylic acids is 1. The van der Waals surface area contributed by atoms with Gasteiger partial charge in [-0.3, -0.25) is 4.79 Å². The molecule has 0 spiro atoms. The number of hydrogen-bond acceptors (Lipinski definition) is 2. The van der Waals surface area contributed by atoms with E-state index in [0.29, 0.717) is 0 Å². The summed E-state index contributed by atoms with van der Waals surface area (Å²) in [6.45, 7) is 4.48. The minimum atomic E-state index is 0.761. The highest BCUT2D eigenvalue weighted by Gasteiger charge is 2.00. The summed E-state index contributed by atoms with van der Waals surface area (Å²) in [7, 11) is 1.57. The predicted molar refractivity (Wildman–Crippen MR) is 59.1 cm³/mol. The molecule has 0 aliphatic rings. The lowest BCUT2D eigenvalue weighted by atomic mass is 10.00. The fourth-order valence-electron chi connectivity index (χ4n) is 1.32. The molecule has 2 heteroatoms. The molecule has 0 bridgehead atoms. The first-order valence-electron chi connectivity index (χ1n) is 5.41. The van der Waals surface area contributed by atoms with Crippen LogP contribution in [-0.4, -0.2) is 13.4 Å². The maximum Gasteiger partial charge on any atom is 0.149 e. The Morgan fingerprint density at radius 1 is 1.43 bits per heavy atom. The van der Waals surface area contributed by atoms with Crippen molar-refractivity contribution in [3.63, 3.8) is 0 Å². The summed E-state index contributed by atoms with van der Waals surface area (Å²) in [6.07, 6.45) is 8.04. The van der Waals surface area contributed by atoms with Gasteiger partial charge in [0, 0.05) is 5.57 Å². The number of methoxy groups -OCH3 is 1. The van der Waals surface area contributed by atoms with Gasteiger partial charge in [0.2, 0.25) is 0 Å². The van der Waals surface area contributed by atoms with E-state index in [9.17, 15) is 4.79 Å². The standard InChI is InChI=1S/C12H22O2/c1-4-11(2)7-5-6-8-12(9-13)10-14-3/h9-11H,4-8H2,1-3H3/b12-10+/t11-/m0/s1. The molecule has 0 rings (SSSR count). The summed E-state index contributed by atoms with van der Waals surface area (Å²) in [4.78, 5) is 10.5. The second-order valence-corrected chi connectivity index (χ2v) is 3.81. The highest BCUT2D eigenvalue weighted by atomic mass is 16.5. The fraction of sp³-hybridized carbons (Fsp3) is 0.750. The van der Waals surface area contributed by atoms with E-state index in [0.717, 1.165) is 30.6 Å². The first-order valence-corrected chi connectivity index (χ1v) is 5.41. The maximum absolute atomic E-state index is 10.5. The number of carbonyl (C=O) groups is 1. The molecule has 0 aliphatic heterocycles. The van der Waals surface area contributed by atoms with Crippen LogP contribution in [0.2, 0.25) is 0 Å². The molecule has 0 aromatic carbocycles. The van der Waals surface area contributed by atoms with Gasteiger partial charge in [-0.15, -0.1) is 0 Å². The zero-order valence-corrected chi connectivity index (χ0v) is 9.58. The molecule has 0 aromatic rings. The molecule has 0 heterocycles. The molecule has 0 aromatic heterocycles. The van der Waals surface area contributed by atoms with E-state index in [1.165, 1.54) is 25.5 Å². The Morgan fingerprint density at radius 2 is 2.14 bits per heavy atom. The Hall–Kier alpha value is -0.790. The Morgan fingerprint density at radius 3 is 2.64 bits per heavy atom. The molecule has 14 heavy (non-hydrogen) atoms. The van der Waals surface area contributed by atoms with Crippen molar-refractivity contribution in [2.24, 2.45) is 5.92 Å². The first kappa shape index (κ1) is 13.2. The third kappa shape index (κ3) is 6.70. The van der Waals surface area contributed by atoms with E-state index in [1.807, 2.05) is 0 Å². The van der Waals surface area contributed by atoms with Gasteiger partial charge in [0.05, 0.1) is 13.4 Å². The van der Waals surface area contributed by atoms with Crippen LogP contribution < -0.4 is 0 Å². The van der Waals surface area contributed by atoms with Crippen LogP contribution >= 0.6 is 0 Å². The van der Waals surface area contributed by atoms with E-state index in [1.54, 1.807) is 7.11 Å². The summed E-state index contributed by atoms with van der Waals surface area (Å²) in [5.41, 5.74) is 0.761. The maximum atomic E-state index is 10.5. The zero-order valence-electron chi connectivity index (χ0n) is 9.58. The van der Waals surface area contributed by atoms with Crippen LogP contribution in [0.5, 0.6) is 0 Å². The quantitative estimate of drug-likeness (QED) is 0.259. The summed E-state index contributed by atoms with van der Waals surface area (Å²) < 4.78 is 4.80. The Bertz CT molecular complexity index is 173. The number of unbranched alkanes of at least 4 members (excludes halogenated alkanes) is 1. The molecule has 0 radical (unpaired) electrons. The Kier molecular flexibility index (Phi) is 8.30. The highest BCUT2D eigenvalue weighted by Crippen LogP contribution is 2.14. The lowest BCUT2D eigenvalue weighted by Crippen LogP contribution is -1.93. The molecule has 82 valence electrons. The minimum absolute atomic E-state index is 0.761. The van der Waals surface area contributed by atoms with Crippen molar-refractivity contribution in [3.05, 3.63) is 11.8 Å². The van der Waals surface area contributed by atoms with Gasteiger partial charge in [-0.25, -0.2) is 0 Å². The second-order valence-electron chi connectivity index (χ2n) is 3.81. The number of hydrogen-bond donors (Lipinski definition) is 0. The van der Waals surface area contributed by atoms with Gasteiger partial charge in [0.1, 0.15) is 6.29 Å². The Balaban J connectivity index is 3.52. The third-order valence-electron chi connectivity index (χ3n) is 2.53. The average Bonchev–Trinajstić information content (AvgIpc) is 2.22. The summed E-state index contributed by atoms with van der Waals surface area (Å²) in [5, 5.41) is 0. The molecule has 0 N–H and O–H groups in total. The molecule has 1 atom stereocenters. The van der Waals surface area contributed by atoms with Gasteiger partial charge in [-0.1, -0.05) is 33.1 Å². The molecular formula is C12H22O2. The van der Waals surface area contributed by atoms with Gasteiger partial charge in [0.25, 0.3) is 0 Å². The largest absolute Gasteiger partial charge is 0.504 e. The number of allylic oxidation sites excluding steroid dienone is 1. The van der Waals surface area contributed by atoms with Crippen molar-refractivity contribution in [2.75, 3.05) is 7.11 Å². The van der Waals surface area contributed by atoms with Crippen LogP contribution in [-0.2, 0) is 9.53 Å². The van der Waals surface area contributed by atoms with Crippen LogP contribution in [0.4, 0.5) is 0 Å². The fourth-order valence-corrected chi connectivity index (χ4v) is 1.32. The van der Waals surface area contributed by atoms with Gasteiger partial charge in [-0.05, 0) is 18.8 Å². The number of aldehydes is 1.